The van der Waals surface area contributed by atoms with Gasteiger partial charge in [-0.15, -0.1) is 0 Å². The molecule has 0 saturated heterocycles. The van der Waals surface area contributed by atoms with Gasteiger partial charge in [-0.25, -0.2) is 0 Å². The minimum Gasteiger partial charge on any atom is -0.492 e. The molecule has 2 aromatic rings. The van der Waals surface area contributed by atoms with Gasteiger partial charge in [-0.3, -0.25) is 0 Å². The Morgan fingerprint density at radius 3 is 2.86 bits per heavy atom. The molecule has 0 amide bonds. The van der Waals surface area contributed by atoms with Crippen LogP contribution in [0, 0.1) is 5.92 Å². The van der Waals surface area contributed by atoms with E-state index in [2.05, 4.69) is 18.3 Å². The second-order valence-electron chi connectivity index (χ2n) is 5.55. The van der Waals surface area contributed by atoms with Crippen molar-refractivity contribution in [3.63, 3.8) is 0 Å². The first kappa shape index (κ1) is 14.3. The Labute approximate surface area is 130 Å². The van der Waals surface area contributed by atoms with Crippen LogP contribution in [0.5, 0.6) is 5.75 Å². The predicted octanol–water partition coefficient (Wildman–Crippen LogP) is 5.07. The standard InChI is InChI=1S/C17H20ClNO2/c1-3-20-17-6-4-12(18)9-15(17)19-10-13-5-7-16(21-13)14-8-11(14)2/h4-7,9,11,14,19H,3,8,10H2,1-2H3. The van der Waals surface area contributed by atoms with Crippen LogP contribution < -0.4 is 10.1 Å². The van der Waals surface area contributed by atoms with E-state index in [0.29, 0.717) is 24.1 Å². The molecule has 1 aliphatic rings. The number of halogens is 1. The SMILES string of the molecule is CCOc1ccc(Cl)cc1NCc1ccc(C2CC2C)o1. The average Bonchev–Trinajstić information content (AvgIpc) is 3.01. The molecular formula is C17H20ClNO2. The lowest BCUT2D eigenvalue weighted by molar-refractivity contribution is 0.341. The van der Waals surface area contributed by atoms with Gasteiger partial charge in [0.2, 0.25) is 0 Å². The zero-order chi connectivity index (χ0) is 14.8. The second-order valence-corrected chi connectivity index (χ2v) is 5.99. The van der Waals surface area contributed by atoms with Gasteiger partial charge in [0.15, 0.2) is 0 Å². The summed E-state index contributed by atoms with van der Waals surface area (Å²) in [5, 5.41) is 4.02. The van der Waals surface area contributed by atoms with Crippen LogP contribution in [0.15, 0.2) is 34.7 Å². The van der Waals surface area contributed by atoms with Crippen LogP contribution in [0.2, 0.25) is 5.02 Å². The molecule has 1 aromatic carbocycles. The van der Waals surface area contributed by atoms with Crippen molar-refractivity contribution in [2.45, 2.75) is 32.7 Å². The number of benzene rings is 1. The third-order valence-corrected chi connectivity index (χ3v) is 4.09. The number of ether oxygens (including phenoxy) is 1. The van der Waals surface area contributed by atoms with Gasteiger partial charge in [-0.1, -0.05) is 18.5 Å². The van der Waals surface area contributed by atoms with Crippen molar-refractivity contribution in [1.82, 2.24) is 0 Å². The van der Waals surface area contributed by atoms with Crippen LogP contribution in [0.25, 0.3) is 0 Å². The molecule has 0 aliphatic heterocycles. The summed E-state index contributed by atoms with van der Waals surface area (Å²) in [7, 11) is 0. The third-order valence-electron chi connectivity index (χ3n) is 3.85. The monoisotopic (exact) mass is 305 g/mol. The summed E-state index contributed by atoms with van der Waals surface area (Å²) < 4.78 is 11.5. The molecule has 3 rings (SSSR count). The van der Waals surface area contributed by atoms with E-state index in [1.807, 2.05) is 31.2 Å². The number of anilines is 1. The van der Waals surface area contributed by atoms with E-state index in [-0.39, 0.29) is 0 Å². The van der Waals surface area contributed by atoms with E-state index in [1.165, 1.54) is 6.42 Å². The minimum absolute atomic E-state index is 0.615. The number of nitrogens with one attached hydrogen (secondary N) is 1. The topological polar surface area (TPSA) is 34.4 Å². The van der Waals surface area contributed by atoms with Crippen LogP contribution in [-0.4, -0.2) is 6.61 Å². The lowest BCUT2D eigenvalue weighted by Gasteiger charge is -2.12. The highest BCUT2D eigenvalue weighted by atomic mass is 35.5. The van der Waals surface area contributed by atoms with Crippen molar-refractivity contribution in [3.05, 3.63) is 46.9 Å². The number of hydrogen-bond donors (Lipinski definition) is 1. The Morgan fingerprint density at radius 1 is 1.33 bits per heavy atom. The first-order valence-electron chi connectivity index (χ1n) is 7.42. The van der Waals surface area contributed by atoms with Gasteiger partial charge >= 0.3 is 0 Å². The molecule has 3 nitrogen and oxygen atoms in total. The first-order valence-corrected chi connectivity index (χ1v) is 7.80. The Kier molecular flexibility index (Phi) is 4.11. The predicted molar refractivity (Wildman–Crippen MR) is 85.2 cm³/mol. The van der Waals surface area contributed by atoms with Crippen LogP contribution in [0.4, 0.5) is 5.69 Å². The maximum absolute atomic E-state index is 6.05. The summed E-state index contributed by atoms with van der Waals surface area (Å²) in [6.45, 7) is 5.47. The fraction of sp³-hybridized carbons (Fsp3) is 0.412. The highest BCUT2D eigenvalue weighted by Gasteiger charge is 2.36. The molecule has 0 bridgehead atoms. The maximum atomic E-state index is 6.05. The Hall–Kier alpha value is -1.61. The largest absolute Gasteiger partial charge is 0.492 e. The van der Waals surface area contributed by atoms with E-state index in [0.717, 1.165) is 28.9 Å². The molecule has 21 heavy (non-hydrogen) atoms. The van der Waals surface area contributed by atoms with E-state index >= 15 is 0 Å². The quantitative estimate of drug-likeness (QED) is 0.809. The molecule has 1 fully saturated rings. The van der Waals surface area contributed by atoms with Gasteiger partial charge in [0, 0.05) is 10.9 Å². The van der Waals surface area contributed by atoms with Crippen LogP contribution in [0.3, 0.4) is 0 Å². The molecule has 4 heteroatoms. The highest BCUT2D eigenvalue weighted by Crippen LogP contribution is 2.47. The molecule has 1 aromatic heterocycles. The van der Waals surface area contributed by atoms with Crippen molar-refractivity contribution in [2.24, 2.45) is 5.92 Å². The molecule has 112 valence electrons. The number of furan rings is 1. The van der Waals surface area contributed by atoms with Crippen molar-refractivity contribution in [3.8, 4) is 5.75 Å². The van der Waals surface area contributed by atoms with E-state index in [4.69, 9.17) is 20.8 Å². The zero-order valence-corrected chi connectivity index (χ0v) is 13.1. The van der Waals surface area contributed by atoms with Crippen LogP contribution in [0.1, 0.15) is 37.7 Å². The molecule has 0 radical (unpaired) electrons. The lowest BCUT2D eigenvalue weighted by Crippen LogP contribution is -2.02. The zero-order valence-electron chi connectivity index (χ0n) is 12.4. The average molecular weight is 306 g/mol. The van der Waals surface area contributed by atoms with Gasteiger partial charge < -0.3 is 14.5 Å². The van der Waals surface area contributed by atoms with E-state index in [9.17, 15) is 0 Å². The summed E-state index contributed by atoms with van der Waals surface area (Å²) in [5.41, 5.74) is 0.891. The summed E-state index contributed by atoms with van der Waals surface area (Å²) in [6, 6.07) is 9.72. The summed E-state index contributed by atoms with van der Waals surface area (Å²) in [5.74, 6) is 4.23. The molecule has 0 spiro atoms. The Bertz CT molecular complexity index is 623. The van der Waals surface area contributed by atoms with Gasteiger partial charge in [0.25, 0.3) is 0 Å². The molecule has 1 N–H and O–H groups in total. The molecular weight excluding hydrogens is 286 g/mol. The van der Waals surface area contributed by atoms with Crippen LogP contribution in [-0.2, 0) is 6.54 Å². The van der Waals surface area contributed by atoms with Crippen molar-refractivity contribution >= 4 is 17.3 Å². The van der Waals surface area contributed by atoms with E-state index < -0.39 is 0 Å². The second kappa shape index (κ2) is 6.02. The third kappa shape index (κ3) is 3.35. The van der Waals surface area contributed by atoms with Crippen molar-refractivity contribution in [1.29, 1.82) is 0 Å². The van der Waals surface area contributed by atoms with Crippen LogP contribution >= 0.6 is 11.6 Å². The highest BCUT2D eigenvalue weighted by molar-refractivity contribution is 6.30. The maximum Gasteiger partial charge on any atom is 0.142 e. The fourth-order valence-corrected chi connectivity index (χ4v) is 2.68. The lowest BCUT2D eigenvalue weighted by atomic mass is 10.2. The van der Waals surface area contributed by atoms with Gasteiger partial charge in [0.1, 0.15) is 17.3 Å². The normalized spacial score (nSPS) is 20.3. The fourth-order valence-electron chi connectivity index (χ4n) is 2.51. The molecule has 1 heterocycles. The van der Waals surface area contributed by atoms with E-state index in [1.54, 1.807) is 0 Å². The summed E-state index contributed by atoms with van der Waals surface area (Å²) in [4.78, 5) is 0. The summed E-state index contributed by atoms with van der Waals surface area (Å²) in [6.07, 6.45) is 1.24. The van der Waals surface area contributed by atoms with Crippen molar-refractivity contribution in [2.75, 3.05) is 11.9 Å². The molecule has 1 saturated carbocycles. The Morgan fingerprint density at radius 2 is 2.14 bits per heavy atom. The van der Waals surface area contributed by atoms with Gasteiger partial charge in [-0.05, 0) is 49.6 Å². The number of rotatable bonds is 6. The first-order chi connectivity index (χ1) is 10.2. The Balaban J connectivity index is 1.66. The molecule has 1 aliphatic carbocycles. The minimum atomic E-state index is 0.615. The van der Waals surface area contributed by atoms with Crippen molar-refractivity contribution < 1.29 is 9.15 Å². The smallest absolute Gasteiger partial charge is 0.142 e. The van der Waals surface area contributed by atoms with Gasteiger partial charge in [-0.2, -0.15) is 0 Å². The molecule has 2 atom stereocenters. The summed E-state index contributed by atoms with van der Waals surface area (Å²) >= 11 is 6.05. The number of hydrogen-bond acceptors (Lipinski definition) is 3. The van der Waals surface area contributed by atoms with Gasteiger partial charge in [0.05, 0.1) is 18.8 Å². The molecule has 2 unspecified atom stereocenters.